The van der Waals surface area contributed by atoms with E-state index in [1.165, 1.54) is 0 Å². The maximum Gasteiger partial charge on any atom is 0.128 e. The number of hydrogen-bond acceptors (Lipinski definition) is 4. The molecule has 21 heavy (non-hydrogen) atoms. The molecule has 0 aliphatic carbocycles. The fraction of sp³-hybridized carbons (Fsp3) is 0.0588. The standard InChI is InChI=1S/C17H15N3O/c1-11-7-8-12-9-10-14(16(18)15(12)17(11)21)20-19-13-5-3-2-4-6-13/h2-10,21H,18H2,1H3. The second-order valence-corrected chi connectivity index (χ2v) is 4.86. The van der Waals surface area contributed by atoms with Crippen LogP contribution in [0.25, 0.3) is 10.8 Å². The van der Waals surface area contributed by atoms with Crippen molar-refractivity contribution in [1.29, 1.82) is 0 Å². The number of aromatic hydroxyl groups is 1. The van der Waals surface area contributed by atoms with Crippen LogP contribution in [0.4, 0.5) is 17.1 Å². The Labute approximate surface area is 122 Å². The third kappa shape index (κ3) is 2.43. The summed E-state index contributed by atoms with van der Waals surface area (Å²) in [4.78, 5) is 0. The van der Waals surface area contributed by atoms with Crippen LogP contribution in [-0.2, 0) is 0 Å². The quantitative estimate of drug-likeness (QED) is 0.519. The lowest BCUT2D eigenvalue weighted by molar-refractivity contribution is 0.478. The summed E-state index contributed by atoms with van der Waals surface area (Å²) in [5, 5.41) is 20.1. The predicted octanol–water partition coefficient (Wildman–Crippen LogP) is 4.85. The fourth-order valence-corrected chi connectivity index (χ4v) is 2.21. The smallest absolute Gasteiger partial charge is 0.128 e. The molecule has 0 atom stereocenters. The van der Waals surface area contributed by atoms with Gasteiger partial charge in [-0.05, 0) is 36.1 Å². The maximum atomic E-state index is 10.2. The van der Waals surface area contributed by atoms with Gasteiger partial charge in [0.05, 0.1) is 11.4 Å². The number of phenols is 1. The lowest BCUT2D eigenvalue weighted by Crippen LogP contribution is -1.89. The van der Waals surface area contributed by atoms with E-state index in [0.717, 1.165) is 16.6 Å². The number of phenolic OH excluding ortho intramolecular Hbond substituents is 1. The summed E-state index contributed by atoms with van der Waals surface area (Å²) in [7, 11) is 0. The molecule has 0 amide bonds. The minimum atomic E-state index is 0.196. The fourth-order valence-electron chi connectivity index (χ4n) is 2.21. The minimum Gasteiger partial charge on any atom is -0.507 e. The van der Waals surface area contributed by atoms with Crippen molar-refractivity contribution in [2.45, 2.75) is 6.92 Å². The van der Waals surface area contributed by atoms with Crippen LogP contribution in [0.1, 0.15) is 5.56 Å². The van der Waals surface area contributed by atoms with E-state index in [0.29, 0.717) is 16.8 Å². The zero-order valence-corrected chi connectivity index (χ0v) is 11.6. The van der Waals surface area contributed by atoms with E-state index in [1.807, 2.05) is 55.5 Å². The van der Waals surface area contributed by atoms with Crippen LogP contribution < -0.4 is 5.73 Å². The number of anilines is 1. The van der Waals surface area contributed by atoms with E-state index in [-0.39, 0.29) is 5.75 Å². The van der Waals surface area contributed by atoms with Crippen molar-refractivity contribution in [2.24, 2.45) is 10.2 Å². The van der Waals surface area contributed by atoms with Crippen molar-refractivity contribution in [3.8, 4) is 5.75 Å². The summed E-state index contributed by atoms with van der Waals surface area (Å²) < 4.78 is 0. The summed E-state index contributed by atoms with van der Waals surface area (Å²) in [6, 6.07) is 16.9. The highest BCUT2D eigenvalue weighted by atomic mass is 16.3. The van der Waals surface area contributed by atoms with Gasteiger partial charge in [0.15, 0.2) is 0 Å². The molecule has 0 bridgehead atoms. The SMILES string of the molecule is Cc1ccc2ccc(N=Nc3ccccc3)c(N)c2c1O. The lowest BCUT2D eigenvalue weighted by atomic mass is 10.0. The molecule has 0 aliphatic rings. The average Bonchev–Trinajstić information content (AvgIpc) is 2.51. The van der Waals surface area contributed by atoms with Gasteiger partial charge in [-0.1, -0.05) is 36.4 Å². The highest BCUT2D eigenvalue weighted by Crippen LogP contribution is 2.38. The van der Waals surface area contributed by atoms with Gasteiger partial charge in [-0.25, -0.2) is 0 Å². The van der Waals surface area contributed by atoms with E-state index in [4.69, 9.17) is 5.73 Å². The van der Waals surface area contributed by atoms with E-state index in [9.17, 15) is 5.11 Å². The van der Waals surface area contributed by atoms with Gasteiger partial charge in [0.2, 0.25) is 0 Å². The van der Waals surface area contributed by atoms with Gasteiger partial charge in [0.25, 0.3) is 0 Å². The Hall–Kier alpha value is -2.88. The number of nitrogen functional groups attached to an aromatic ring is 1. The number of nitrogens with zero attached hydrogens (tertiary/aromatic N) is 2. The molecular weight excluding hydrogens is 262 g/mol. The predicted molar refractivity (Wildman–Crippen MR) is 85.4 cm³/mol. The molecule has 3 aromatic rings. The molecule has 0 spiro atoms. The molecule has 0 saturated heterocycles. The average molecular weight is 277 g/mol. The van der Waals surface area contributed by atoms with Crippen molar-refractivity contribution in [1.82, 2.24) is 0 Å². The summed E-state index contributed by atoms with van der Waals surface area (Å²) in [5.74, 6) is 0.196. The molecule has 3 rings (SSSR count). The molecule has 3 aromatic carbocycles. The maximum absolute atomic E-state index is 10.2. The number of hydrogen-bond donors (Lipinski definition) is 2. The lowest BCUT2D eigenvalue weighted by Gasteiger charge is -2.08. The van der Waals surface area contributed by atoms with Crippen molar-refractivity contribution in [3.63, 3.8) is 0 Å². The molecule has 104 valence electrons. The molecule has 0 radical (unpaired) electrons. The van der Waals surface area contributed by atoms with E-state index in [1.54, 1.807) is 6.07 Å². The van der Waals surface area contributed by atoms with E-state index in [2.05, 4.69) is 10.2 Å². The summed E-state index contributed by atoms with van der Waals surface area (Å²) in [6.45, 7) is 1.84. The van der Waals surface area contributed by atoms with Crippen molar-refractivity contribution >= 4 is 27.8 Å². The molecule has 0 saturated carbocycles. The van der Waals surface area contributed by atoms with Crippen LogP contribution in [0.5, 0.6) is 5.75 Å². The van der Waals surface area contributed by atoms with Crippen LogP contribution in [0.3, 0.4) is 0 Å². The topological polar surface area (TPSA) is 71.0 Å². The molecule has 0 heterocycles. The normalized spacial score (nSPS) is 11.3. The van der Waals surface area contributed by atoms with Crippen LogP contribution in [0.15, 0.2) is 64.8 Å². The first-order valence-corrected chi connectivity index (χ1v) is 6.64. The third-order valence-corrected chi connectivity index (χ3v) is 3.41. The summed E-state index contributed by atoms with van der Waals surface area (Å²) >= 11 is 0. The Morgan fingerprint density at radius 3 is 2.38 bits per heavy atom. The van der Waals surface area contributed by atoms with Crippen LogP contribution in [0, 0.1) is 6.92 Å². The van der Waals surface area contributed by atoms with Gasteiger partial charge in [-0.3, -0.25) is 0 Å². The molecular formula is C17H15N3O. The Bertz CT molecular complexity index is 826. The zero-order valence-electron chi connectivity index (χ0n) is 11.6. The largest absolute Gasteiger partial charge is 0.507 e. The van der Waals surface area contributed by atoms with Crippen molar-refractivity contribution in [3.05, 3.63) is 60.2 Å². The summed E-state index contributed by atoms with van der Waals surface area (Å²) in [6.07, 6.45) is 0. The number of nitrogens with two attached hydrogens (primary N) is 1. The third-order valence-electron chi connectivity index (χ3n) is 3.41. The number of azo groups is 1. The van der Waals surface area contributed by atoms with Crippen LogP contribution in [0.2, 0.25) is 0 Å². The number of aryl methyl sites for hydroxylation is 1. The molecule has 4 heteroatoms. The number of rotatable bonds is 2. The highest BCUT2D eigenvalue weighted by Gasteiger charge is 2.10. The Morgan fingerprint density at radius 1 is 0.905 bits per heavy atom. The highest BCUT2D eigenvalue weighted by molar-refractivity contribution is 6.02. The molecule has 0 fully saturated rings. The second kappa shape index (κ2) is 5.25. The minimum absolute atomic E-state index is 0.196. The van der Waals surface area contributed by atoms with E-state index >= 15 is 0 Å². The first kappa shape index (κ1) is 13.1. The van der Waals surface area contributed by atoms with Crippen molar-refractivity contribution in [2.75, 3.05) is 5.73 Å². The number of benzene rings is 3. The van der Waals surface area contributed by atoms with Crippen LogP contribution >= 0.6 is 0 Å². The van der Waals surface area contributed by atoms with Gasteiger partial charge in [0, 0.05) is 5.39 Å². The Kier molecular flexibility index (Phi) is 3.28. The number of fused-ring (bicyclic) bond motifs is 1. The first-order valence-electron chi connectivity index (χ1n) is 6.64. The Balaban J connectivity index is 2.10. The van der Waals surface area contributed by atoms with Gasteiger partial charge in [-0.2, -0.15) is 5.11 Å². The molecule has 0 aromatic heterocycles. The Morgan fingerprint density at radius 2 is 1.62 bits per heavy atom. The van der Waals surface area contributed by atoms with Crippen LogP contribution in [-0.4, -0.2) is 5.11 Å². The molecule has 4 nitrogen and oxygen atoms in total. The van der Waals surface area contributed by atoms with Gasteiger partial charge in [-0.15, -0.1) is 5.11 Å². The van der Waals surface area contributed by atoms with Gasteiger partial charge in [0.1, 0.15) is 11.4 Å². The van der Waals surface area contributed by atoms with Gasteiger partial charge >= 0.3 is 0 Å². The second-order valence-electron chi connectivity index (χ2n) is 4.86. The van der Waals surface area contributed by atoms with Gasteiger partial charge < -0.3 is 10.8 Å². The molecule has 0 aliphatic heterocycles. The molecule has 3 N–H and O–H groups in total. The monoisotopic (exact) mass is 277 g/mol. The first-order chi connectivity index (χ1) is 10.2. The van der Waals surface area contributed by atoms with Crippen molar-refractivity contribution < 1.29 is 5.11 Å². The zero-order chi connectivity index (χ0) is 14.8. The summed E-state index contributed by atoms with van der Waals surface area (Å²) in [5.41, 5.74) is 8.66. The molecule has 0 unspecified atom stereocenters. The van der Waals surface area contributed by atoms with E-state index < -0.39 is 0 Å².